The van der Waals surface area contributed by atoms with Crippen LogP contribution in [0.1, 0.15) is 23.6 Å². The smallest absolute Gasteiger partial charge is 0.0547 e. The summed E-state index contributed by atoms with van der Waals surface area (Å²) < 4.78 is 2.39. The first-order chi connectivity index (χ1) is 28.6. The number of nitrogens with zero attached hydrogens (tertiary/aromatic N) is 2. The molecule has 0 saturated heterocycles. The Morgan fingerprint density at radius 3 is 1.43 bits per heavy atom. The van der Waals surface area contributed by atoms with Crippen LogP contribution in [0.15, 0.2) is 224 Å². The van der Waals surface area contributed by atoms with Gasteiger partial charge in [0.15, 0.2) is 0 Å². The molecule has 1 aliphatic carbocycles. The van der Waals surface area contributed by atoms with Crippen LogP contribution in [-0.4, -0.2) is 4.57 Å². The summed E-state index contributed by atoms with van der Waals surface area (Å²) in [6.45, 7) is 2.38. The molecule has 10 aromatic rings. The Kier molecular flexibility index (Phi) is 7.97. The van der Waals surface area contributed by atoms with Gasteiger partial charge in [-0.1, -0.05) is 164 Å². The predicted octanol–water partition coefficient (Wildman–Crippen LogP) is 14.9. The lowest BCUT2D eigenvalue weighted by molar-refractivity contribution is 0.714. The number of fused-ring (bicyclic) bond motifs is 6. The van der Waals surface area contributed by atoms with Gasteiger partial charge in [-0.2, -0.15) is 0 Å². The van der Waals surface area contributed by atoms with Crippen molar-refractivity contribution in [2.24, 2.45) is 0 Å². The van der Waals surface area contributed by atoms with Crippen molar-refractivity contribution >= 4 is 38.9 Å². The average molecular weight is 741 g/mol. The lowest BCUT2D eigenvalue weighted by atomic mass is 9.74. The zero-order chi connectivity index (χ0) is 38.6. The quantitative estimate of drug-likeness (QED) is 0.158. The molecule has 0 unspecified atom stereocenters. The molecular weight excluding hydrogens is 701 g/mol. The molecule has 274 valence electrons. The second-order valence-corrected chi connectivity index (χ2v) is 15.5. The van der Waals surface area contributed by atoms with Gasteiger partial charge >= 0.3 is 0 Å². The number of hydrogen-bond donors (Lipinski definition) is 0. The molecule has 1 aliphatic rings. The van der Waals surface area contributed by atoms with Crippen molar-refractivity contribution in [3.63, 3.8) is 0 Å². The fourth-order valence-corrected chi connectivity index (χ4v) is 9.40. The summed E-state index contributed by atoms with van der Waals surface area (Å²) in [5.74, 6) is 0. The summed E-state index contributed by atoms with van der Waals surface area (Å²) in [6, 6.07) is 81.9. The van der Waals surface area contributed by atoms with Gasteiger partial charge in [-0.25, -0.2) is 0 Å². The van der Waals surface area contributed by atoms with Gasteiger partial charge in [0, 0.05) is 38.9 Å². The van der Waals surface area contributed by atoms with Crippen molar-refractivity contribution in [2.45, 2.75) is 12.3 Å². The van der Waals surface area contributed by atoms with Crippen LogP contribution in [0.4, 0.5) is 17.1 Å². The van der Waals surface area contributed by atoms with Crippen molar-refractivity contribution in [1.82, 2.24) is 4.57 Å². The normalized spacial score (nSPS) is 12.7. The average Bonchev–Trinajstić information content (AvgIpc) is 3.77. The van der Waals surface area contributed by atoms with Crippen molar-refractivity contribution in [2.75, 3.05) is 4.90 Å². The van der Waals surface area contributed by atoms with Crippen molar-refractivity contribution in [1.29, 1.82) is 0 Å². The number of hydrogen-bond acceptors (Lipinski definition) is 1. The van der Waals surface area contributed by atoms with Gasteiger partial charge in [0.1, 0.15) is 0 Å². The van der Waals surface area contributed by atoms with E-state index >= 15 is 0 Å². The molecule has 11 rings (SSSR count). The minimum atomic E-state index is -0.247. The highest BCUT2D eigenvalue weighted by atomic mass is 15.1. The van der Waals surface area contributed by atoms with Gasteiger partial charge in [0.05, 0.1) is 11.0 Å². The monoisotopic (exact) mass is 740 g/mol. The minimum absolute atomic E-state index is 0.247. The van der Waals surface area contributed by atoms with Crippen molar-refractivity contribution in [3.8, 4) is 39.1 Å². The summed E-state index contributed by atoms with van der Waals surface area (Å²) in [6.07, 6.45) is 0. The highest BCUT2D eigenvalue weighted by Crippen LogP contribution is 2.52. The maximum atomic E-state index is 2.39. The van der Waals surface area contributed by atoms with E-state index in [1.54, 1.807) is 0 Å². The van der Waals surface area contributed by atoms with Gasteiger partial charge < -0.3 is 9.47 Å². The molecule has 9 aromatic carbocycles. The zero-order valence-electron chi connectivity index (χ0n) is 32.3. The number of benzene rings is 9. The first kappa shape index (κ1) is 33.9. The van der Waals surface area contributed by atoms with Crippen LogP contribution in [0, 0.1) is 0 Å². The van der Waals surface area contributed by atoms with E-state index in [9.17, 15) is 0 Å². The van der Waals surface area contributed by atoms with Crippen LogP contribution in [0.25, 0.3) is 60.9 Å². The van der Waals surface area contributed by atoms with Crippen LogP contribution in [-0.2, 0) is 5.41 Å². The standard InChI is InChI=1S/C56H40N2/c1-56(52-21-11-8-18-48(52)49-19-9-12-22-53(49)56)43-29-35-47(36-30-43)57(45-31-24-40(25-32-45)39-14-4-2-5-15-39)46-33-26-41(27-34-46)42-28-37-51-50-20-10-13-23-54(50)58(55(51)38-42)44-16-6-3-7-17-44/h2-38H,1H3. The summed E-state index contributed by atoms with van der Waals surface area (Å²) in [4.78, 5) is 2.37. The fourth-order valence-electron chi connectivity index (χ4n) is 9.40. The lowest BCUT2D eigenvalue weighted by Gasteiger charge is -2.30. The second kappa shape index (κ2) is 13.7. The summed E-state index contributed by atoms with van der Waals surface area (Å²) in [5.41, 5.74) is 18.1. The third-order valence-electron chi connectivity index (χ3n) is 12.3. The summed E-state index contributed by atoms with van der Waals surface area (Å²) >= 11 is 0. The molecule has 0 saturated carbocycles. The van der Waals surface area contributed by atoms with E-state index in [0.717, 1.165) is 22.7 Å². The maximum absolute atomic E-state index is 2.39. The Bertz CT molecular complexity index is 3040. The molecule has 2 heteroatoms. The van der Waals surface area contributed by atoms with Crippen LogP contribution in [0.2, 0.25) is 0 Å². The van der Waals surface area contributed by atoms with Crippen LogP contribution < -0.4 is 4.90 Å². The number of aromatic nitrogens is 1. The van der Waals surface area contributed by atoms with Gasteiger partial charge in [-0.15, -0.1) is 0 Å². The molecule has 58 heavy (non-hydrogen) atoms. The number of rotatable bonds is 7. The molecule has 0 aliphatic heterocycles. The molecule has 0 N–H and O–H groups in total. The Balaban J connectivity index is 0.997. The first-order valence-corrected chi connectivity index (χ1v) is 20.1. The van der Waals surface area contributed by atoms with E-state index in [-0.39, 0.29) is 5.41 Å². The zero-order valence-corrected chi connectivity index (χ0v) is 32.3. The van der Waals surface area contributed by atoms with Gasteiger partial charge in [-0.3, -0.25) is 0 Å². The second-order valence-electron chi connectivity index (χ2n) is 15.5. The molecule has 0 bridgehead atoms. The van der Waals surface area contributed by atoms with Gasteiger partial charge in [0.25, 0.3) is 0 Å². The fraction of sp³-hybridized carbons (Fsp3) is 0.0357. The van der Waals surface area contributed by atoms with E-state index in [0.29, 0.717) is 0 Å². The number of para-hydroxylation sites is 2. The van der Waals surface area contributed by atoms with Crippen LogP contribution >= 0.6 is 0 Å². The Labute approximate surface area is 339 Å². The van der Waals surface area contributed by atoms with Crippen LogP contribution in [0.3, 0.4) is 0 Å². The molecule has 1 heterocycles. The van der Waals surface area contributed by atoms with Crippen molar-refractivity contribution < 1.29 is 0 Å². The maximum Gasteiger partial charge on any atom is 0.0547 e. The Morgan fingerprint density at radius 2 is 0.810 bits per heavy atom. The SMILES string of the molecule is CC1(c2ccc(N(c3ccc(-c4ccccc4)cc3)c3ccc(-c4ccc5c6ccccc6n(-c6ccccc6)c5c4)cc3)cc2)c2ccccc2-c2ccccc21. The molecular formula is C56H40N2. The van der Waals surface area contributed by atoms with E-state index in [1.807, 2.05) is 0 Å². The summed E-state index contributed by atoms with van der Waals surface area (Å²) in [7, 11) is 0. The third-order valence-corrected chi connectivity index (χ3v) is 12.3. The molecule has 1 aromatic heterocycles. The minimum Gasteiger partial charge on any atom is -0.311 e. The molecule has 2 nitrogen and oxygen atoms in total. The van der Waals surface area contributed by atoms with Gasteiger partial charge in [0.2, 0.25) is 0 Å². The topological polar surface area (TPSA) is 8.17 Å². The number of anilines is 3. The molecule has 0 spiro atoms. The third kappa shape index (κ3) is 5.41. The first-order valence-electron chi connectivity index (χ1n) is 20.1. The predicted molar refractivity (Wildman–Crippen MR) is 244 cm³/mol. The molecule has 0 radical (unpaired) electrons. The highest BCUT2D eigenvalue weighted by Gasteiger charge is 2.40. The van der Waals surface area contributed by atoms with Gasteiger partial charge in [-0.05, 0) is 118 Å². The Hall–Kier alpha value is -7.42. The lowest BCUT2D eigenvalue weighted by Crippen LogP contribution is -2.22. The van der Waals surface area contributed by atoms with E-state index in [4.69, 9.17) is 0 Å². The molecule has 0 atom stereocenters. The summed E-state index contributed by atoms with van der Waals surface area (Å²) in [5, 5.41) is 2.52. The van der Waals surface area contributed by atoms with Crippen molar-refractivity contribution in [3.05, 3.63) is 241 Å². The van der Waals surface area contributed by atoms with E-state index in [2.05, 4.69) is 241 Å². The van der Waals surface area contributed by atoms with Crippen LogP contribution in [0.5, 0.6) is 0 Å². The Morgan fingerprint density at radius 1 is 0.362 bits per heavy atom. The van der Waals surface area contributed by atoms with E-state index < -0.39 is 0 Å². The highest BCUT2D eigenvalue weighted by molar-refractivity contribution is 6.10. The van der Waals surface area contributed by atoms with E-state index in [1.165, 1.54) is 71.9 Å². The molecule has 0 amide bonds. The molecule has 0 fully saturated rings. The largest absolute Gasteiger partial charge is 0.311 e.